The van der Waals surface area contributed by atoms with E-state index in [1.54, 1.807) is 7.11 Å². The summed E-state index contributed by atoms with van der Waals surface area (Å²) in [6.45, 7) is 7.07. The molecule has 100 valence electrons. The number of hydrogen-bond acceptors (Lipinski definition) is 4. The molecule has 0 spiro atoms. The zero-order valence-electron chi connectivity index (χ0n) is 11.3. The van der Waals surface area contributed by atoms with Gasteiger partial charge in [-0.05, 0) is 37.1 Å². The molecule has 2 rings (SSSR count). The minimum atomic E-state index is 0.0662. The Morgan fingerprint density at radius 3 is 2.72 bits per heavy atom. The summed E-state index contributed by atoms with van der Waals surface area (Å²) in [4.78, 5) is 0. The van der Waals surface area contributed by atoms with Gasteiger partial charge >= 0.3 is 0 Å². The van der Waals surface area contributed by atoms with E-state index in [0.29, 0.717) is 13.2 Å². The fourth-order valence-corrected chi connectivity index (χ4v) is 1.90. The van der Waals surface area contributed by atoms with Gasteiger partial charge in [-0.25, -0.2) is 0 Å². The van der Waals surface area contributed by atoms with E-state index in [-0.39, 0.29) is 6.10 Å². The highest BCUT2D eigenvalue weighted by Gasteiger charge is 2.21. The van der Waals surface area contributed by atoms with Gasteiger partial charge < -0.3 is 19.5 Å². The predicted octanol–water partition coefficient (Wildman–Crippen LogP) is 1.68. The Morgan fingerprint density at radius 2 is 2.00 bits per heavy atom. The van der Waals surface area contributed by atoms with E-state index >= 15 is 0 Å². The van der Waals surface area contributed by atoms with Crippen molar-refractivity contribution in [1.29, 1.82) is 0 Å². The third kappa shape index (κ3) is 3.15. The molecule has 4 nitrogen and oxygen atoms in total. The lowest BCUT2D eigenvalue weighted by Crippen LogP contribution is -2.39. The summed E-state index contributed by atoms with van der Waals surface area (Å²) in [5, 5.41) is 3.28. The number of aryl methyl sites for hydroxylation is 2. The van der Waals surface area contributed by atoms with Crippen molar-refractivity contribution in [2.45, 2.75) is 20.0 Å². The van der Waals surface area contributed by atoms with Gasteiger partial charge in [0, 0.05) is 20.2 Å². The van der Waals surface area contributed by atoms with Gasteiger partial charge in [0.05, 0.1) is 6.61 Å². The molecule has 1 heterocycles. The second-order valence-corrected chi connectivity index (χ2v) is 4.63. The normalized spacial score (nSPS) is 17.8. The van der Waals surface area contributed by atoms with Crippen LogP contribution in [0.2, 0.25) is 0 Å². The fraction of sp³-hybridized carbons (Fsp3) is 0.571. The van der Waals surface area contributed by atoms with E-state index in [9.17, 15) is 0 Å². The van der Waals surface area contributed by atoms with E-state index in [4.69, 9.17) is 14.2 Å². The van der Waals surface area contributed by atoms with E-state index in [1.807, 2.05) is 12.1 Å². The van der Waals surface area contributed by atoms with Gasteiger partial charge in [0.25, 0.3) is 0 Å². The number of ether oxygens (including phenoxy) is 3. The first kappa shape index (κ1) is 13.2. The Hall–Kier alpha value is -1.26. The van der Waals surface area contributed by atoms with Gasteiger partial charge in [-0.3, -0.25) is 0 Å². The Bertz CT molecular complexity index is 406. The lowest BCUT2D eigenvalue weighted by molar-refractivity contribution is 0.0882. The van der Waals surface area contributed by atoms with Crippen LogP contribution in [0.3, 0.4) is 0 Å². The molecule has 0 fully saturated rings. The zero-order chi connectivity index (χ0) is 13.0. The van der Waals surface area contributed by atoms with Crippen molar-refractivity contribution < 1.29 is 14.2 Å². The molecule has 1 aliphatic rings. The molecule has 0 aliphatic carbocycles. The Morgan fingerprint density at radius 1 is 1.28 bits per heavy atom. The standard InChI is InChI=1S/C14H21NO3/c1-10-6-13-14(7-11(10)2)18-12(9-17-13)8-15-4-5-16-3/h6-7,12,15H,4-5,8-9H2,1-3H3. The SMILES string of the molecule is COCCNCC1COc2cc(C)c(C)cc2O1. The van der Waals surface area contributed by atoms with Crippen LogP contribution >= 0.6 is 0 Å². The van der Waals surface area contributed by atoms with Crippen LogP contribution in [0, 0.1) is 13.8 Å². The highest BCUT2D eigenvalue weighted by atomic mass is 16.6. The van der Waals surface area contributed by atoms with Crippen molar-refractivity contribution in [3.8, 4) is 11.5 Å². The summed E-state index contributed by atoms with van der Waals surface area (Å²) in [6, 6.07) is 4.09. The average Bonchev–Trinajstić information content (AvgIpc) is 2.36. The maximum atomic E-state index is 5.92. The number of nitrogens with one attached hydrogen (secondary N) is 1. The predicted molar refractivity (Wildman–Crippen MR) is 70.6 cm³/mol. The van der Waals surface area contributed by atoms with Crippen molar-refractivity contribution >= 4 is 0 Å². The number of fused-ring (bicyclic) bond motifs is 1. The Balaban J connectivity index is 1.91. The van der Waals surface area contributed by atoms with Crippen molar-refractivity contribution in [3.05, 3.63) is 23.3 Å². The maximum absolute atomic E-state index is 5.92. The smallest absolute Gasteiger partial charge is 0.162 e. The average molecular weight is 251 g/mol. The third-order valence-electron chi connectivity index (χ3n) is 3.13. The van der Waals surface area contributed by atoms with Gasteiger partial charge in [-0.2, -0.15) is 0 Å². The van der Waals surface area contributed by atoms with E-state index < -0.39 is 0 Å². The maximum Gasteiger partial charge on any atom is 0.162 e. The molecule has 1 atom stereocenters. The second kappa shape index (κ2) is 6.07. The lowest BCUT2D eigenvalue weighted by atomic mass is 10.1. The minimum absolute atomic E-state index is 0.0662. The summed E-state index contributed by atoms with van der Waals surface area (Å²) >= 11 is 0. The lowest BCUT2D eigenvalue weighted by Gasteiger charge is -2.27. The summed E-state index contributed by atoms with van der Waals surface area (Å²) in [5.74, 6) is 1.70. The molecule has 1 N–H and O–H groups in total. The van der Waals surface area contributed by atoms with Gasteiger partial charge in [0.1, 0.15) is 12.7 Å². The van der Waals surface area contributed by atoms with Crippen LogP contribution in [0.1, 0.15) is 11.1 Å². The van der Waals surface area contributed by atoms with Crippen LogP contribution in [0.15, 0.2) is 12.1 Å². The van der Waals surface area contributed by atoms with Crippen LogP contribution < -0.4 is 14.8 Å². The molecule has 18 heavy (non-hydrogen) atoms. The first-order chi connectivity index (χ1) is 8.70. The molecule has 1 aliphatic heterocycles. The fourth-order valence-electron chi connectivity index (χ4n) is 1.90. The number of rotatable bonds is 5. The molecule has 0 amide bonds. The van der Waals surface area contributed by atoms with Gasteiger partial charge in [-0.15, -0.1) is 0 Å². The van der Waals surface area contributed by atoms with Crippen LogP contribution in [-0.2, 0) is 4.74 Å². The first-order valence-electron chi connectivity index (χ1n) is 6.31. The molecular weight excluding hydrogens is 230 g/mol. The van der Waals surface area contributed by atoms with Crippen molar-refractivity contribution in [2.75, 3.05) is 33.4 Å². The van der Waals surface area contributed by atoms with Gasteiger partial charge in [-0.1, -0.05) is 0 Å². The molecule has 0 saturated heterocycles. The number of methoxy groups -OCH3 is 1. The van der Waals surface area contributed by atoms with Gasteiger partial charge in [0.2, 0.25) is 0 Å². The molecule has 0 radical (unpaired) electrons. The van der Waals surface area contributed by atoms with Gasteiger partial charge in [0.15, 0.2) is 11.5 Å². The molecule has 0 saturated carbocycles. The highest BCUT2D eigenvalue weighted by Crippen LogP contribution is 2.34. The van der Waals surface area contributed by atoms with E-state index in [2.05, 4.69) is 19.2 Å². The van der Waals surface area contributed by atoms with Crippen LogP contribution in [0.25, 0.3) is 0 Å². The molecule has 1 unspecified atom stereocenters. The van der Waals surface area contributed by atoms with Crippen LogP contribution in [0.5, 0.6) is 11.5 Å². The number of hydrogen-bond donors (Lipinski definition) is 1. The summed E-state index contributed by atoms with van der Waals surface area (Å²) in [5.41, 5.74) is 2.46. The first-order valence-corrected chi connectivity index (χ1v) is 6.31. The molecule has 1 aromatic carbocycles. The Kier molecular flexibility index (Phi) is 4.44. The van der Waals surface area contributed by atoms with E-state index in [0.717, 1.165) is 24.6 Å². The zero-order valence-corrected chi connectivity index (χ0v) is 11.3. The molecule has 1 aromatic rings. The summed E-state index contributed by atoms with van der Waals surface area (Å²) < 4.78 is 16.6. The molecule has 4 heteroatoms. The monoisotopic (exact) mass is 251 g/mol. The molecule has 0 bridgehead atoms. The largest absolute Gasteiger partial charge is 0.486 e. The molecular formula is C14H21NO3. The van der Waals surface area contributed by atoms with Crippen molar-refractivity contribution in [1.82, 2.24) is 5.32 Å². The minimum Gasteiger partial charge on any atom is -0.486 e. The summed E-state index contributed by atoms with van der Waals surface area (Å²) in [7, 11) is 1.70. The molecule has 0 aromatic heterocycles. The highest BCUT2D eigenvalue weighted by molar-refractivity contribution is 5.47. The van der Waals surface area contributed by atoms with Crippen molar-refractivity contribution in [2.24, 2.45) is 0 Å². The van der Waals surface area contributed by atoms with Crippen molar-refractivity contribution in [3.63, 3.8) is 0 Å². The number of benzene rings is 1. The second-order valence-electron chi connectivity index (χ2n) is 4.63. The third-order valence-corrected chi connectivity index (χ3v) is 3.13. The van der Waals surface area contributed by atoms with E-state index in [1.165, 1.54) is 11.1 Å². The van der Waals surface area contributed by atoms with Crippen LogP contribution in [0.4, 0.5) is 0 Å². The topological polar surface area (TPSA) is 39.7 Å². The Labute approximate surface area is 108 Å². The summed E-state index contributed by atoms with van der Waals surface area (Å²) in [6.07, 6.45) is 0.0662. The quantitative estimate of drug-likeness (QED) is 0.808. The van der Waals surface area contributed by atoms with Crippen LogP contribution in [-0.4, -0.2) is 39.5 Å².